The molecule has 0 aromatic heterocycles. The van der Waals surface area contributed by atoms with E-state index >= 15 is 0 Å². The van der Waals surface area contributed by atoms with Crippen LogP contribution >= 0.6 is 0 Å². The van der Waals surface area contributed by atoms with Crippen LogP contribution in [0.4, 0.5) is 0 Å². The Kier molecular flexibility index (Phi) is 8.84. The molecule has 0 spiro atoms. The second-order valence-electron chi connectivity index (χ2n) is 3.84. The van der Waals surface area contributed by atoms with Crippen molar-refractivity contribution < 1.29 is 0 Å². The van der Waals surface area contributed by atoms with E-state index in [0.717, 1.165) is 61.9 Å². The molecule has 0 bridgehead atoms. The summed E-state index contributed by atoms with van der Waals surface area (Å²) in [6.45, 7) is 14.3. The van der Waals surface area contributed by atoms with Gasteiger partial charge in [0.2, 0.25) is 0 Å². The number of rotatable bonds is 6. The first-order chi connectivity index (χ1) is 5.91. The molecule has 0 rings (SSSR count). The zero-order valence-corrected chi connectivity index (χ0v) is 14.7. The Balaban J connectivity index is 3.87. The van der Waals surface area contributed by atoms with Crippen LogP contribution in [0.15, 0.2) is 0 Å². The van der Waals surface area contributed by atoms with E-state index in [1.807, 2.05) is 0 Å². The normalized spacial score (nSPS) is 11.8. The van der Waals surface area contributed by atoms with Gasteiger partial charge in [-0.2, -0.15) is 0 Å². The van der Waals surface area contributed by atoms with Gasteiger partial charge in [-0.3, -0.25) is 0 Å². The summed E-state index contributed by atoms with van der Waals surface area (Å²) >= 11 is 2.73. The van der Waals surface area contributed by atoms with Crippen LogP contribution in [0.3, 0.4) is 0 Å². The topological polar surface area (TPSA) is 0 Å². The van der Waals surface area contributed by atoms with E-state index in [0.29, 0.717) is 0 Å². The van der Waals surface area contributed by atoms with E-state index in [1.54, 1.807) is 0 Å². The van der Waals surface area contributed by atoms with E-state index < -0.39 is 0 Å². The van der Waals surface area contributed by atoms with Gasteiger partial charge in [-0.15, -0.1) is 0 Å². The predicted octanol–water partition coefficient (Wildman–Crippen LogP) is 2.57. The molecule has 78 valence electrons. The molecule has 0 aliphatic rings. The van der Waals surface area contributed by atoms with E-state index in [-0.39, 0.29) is 0 Å². The van der Waals surface area contributed by atoms with E-state index in [1.165, 1.54) is 0 Å². The molecule has 0 saturated heterocycles. The monoisotopic (exact) mass is 380 g/mol. The Hall–Kier alpha value is 1.62. The molecule has 0 aliphatic heterocycles. The third kappa shape index (κ3) is 9.92. The van der Waals surface area contributed by atoms with Crippen molar-refractivity contribution >= 4 is 47.5 Å². The van der Waals surface area contributed by atoms with Crippen LogP contribution in [0.1, 0.15) is 41.5 Å². The van der Waals surface area contributed by atoms with Gasteiger partial charge in [0.1, 0.15) is 0 Å². The molecule has 0 amide bonds. The van der Waals surface area contributed by atoms with Crippen LogP contribution in [-0.2, 0) is 0 Å². The molecule has 0 atom stereocenters. The van der Waals surface area contributed by atoms with Crippen LogP contribution < -0.4 is 0 Å². The molecule has 0 saturated carbocycles. The van der Waals surface area contributed by atoms with E-state index in [2.05, 4.69) is 41.5 Å². The molecule has 0 aromatic carbocycles. The molecule has 0 N–H and O–H groups in total. The summed E-state index contributed by atoms with van der Waals surface area (Å²) in [4.78, 5) is 2.87. The average molecular weight is 377 g/mol. The molecule has 0 fully saturated rings. The Morgan fingerprint density at radius 1 is 0.615 bits per heavy atom. The maximum atomic E-state index is 2.39. The standard InChI is InChI=1S/C9H21BSe3/c1-7(2)11-10(12-8(3)4)13-9(5)6/h7-9H,1-6H3. The van der Waals surface area contributed by atoms with Crippen molar-refractivity contribution in [2.24, 2.45) is 0 Å². The minimum atomic E-state index is 0.911. The molecule has 0 nitrogen and oxygen atoms in total. The van der Waals surface area contributed by atoms with Crippen molar-refractivity contribution in [2.75, 3.05) is 0 Å². The van der Waals surface area contributed by atoms with Gasteiger partial charge >= 0.3 is 103 Å². The Morgan fingerprint density at radius 2 is 0.846 bits per heavy atom. The van der Waals surface area contributed by atoms with Crippen molar-refractivity contribution in [1.82, 2.24) is 0 Å². The zero-order chi connectivity index (χ0) is 10.4. The summed E-state index contributed by atoms with van der Waals surface area (Å²) < 4.78 is 1.15. The first-order valence-electron chi connectivity index (χ1n) is 4.88. The van der Waals surface area contributed by atoms with Gasteiger partial charge in [-0.1, -0.05) is 0 Å². The van der Waals surface area contributed by atoms with Gasteiger partial charge in [-0.05, 0) is 0 Å². The summed E-state index contributed by atoms with van der Waals surface area (Å²) in [6.07, 6.45) is 0. The van der Waals surface area contributed by atoms with Crippen LogP contribution in [-0.4, -0.2) is 47.5 Å². The minimum absolute atomic E-state index is 0.911. The molecule has 0 aliphatic carbocycles. The SMILES string of the molecule is CC(C)[Se]B([Se]C(C)C)[Se]C(C)C. The number of hydrogen-bond donors (Lipinski definition) is 0. The van der Waals surface area contributed by atoms with Crippen molar-refractivity contribution in [2.45, 2.75) is 56.0 Å². The Bertz CT molecular complexity index is 102. The Morgan fingerprint density at radius 3 is 1.00 bits per heavy atom. The van der Waals surface area contributed by atoms with E-state index in [9.17, 15) is 0 Å². The van der Waals surface area contributed by atoms with Crippen molar-refractivity contribution in [3.63, 3.8) is 0 Å². The molecule has 0 heterocycles. The zero-order valence-electron chi connectivity index (χ0n) is 9.53. The molecule has 0 radical (unpaired) electrons. The summed E-state index contributed by atoms with van der Waals surface area (Å²) in [5, 5.41) is 0. The van der Waals surface area contributed by atoms with Gasteiger partial charge in [-0.25, -0.2) is 0 Å². The predicted molar refractivity (Wildman–Crippen MR) is 68.3 cm³/mol. The van der Waals surface area contributed by atoms with Crippen LogP contribution in [0.5, 0.6) is 0 Å². The van der Waals surface area contributed by atoms with Crippen molar-refractivity contribution in [3.05, 3.63) is 0 Å². The van der Waals surface area contributed by atoms with Crippen LogP contribution in [0.2, 0.25) is 14.4 Å². The molecule has 13 heavy (non-hydrogen) atoms. The fourth-order valence-corrected chi connectivity index (χ4v) is 20.6. The third-order valence-corrected chi connectivity index (χ3v) is 13.2. The van der Waals surface area contributed by atoms with Crippen molar-refractivity contribution in [3.8, 4) is 0 Å². The molecular weight excluding hydrogens is 356 g/mol. The summed E-state index contributed by atoms with van der Waals surface area (Å²) in [7, 11) is 0. The average Bonchev–Trinajstić information content (AvgIpc) is 1.80. The molecule has 0 aromatic rings. The maximum absolute atomic E-state index is 2.39. The summed E-state index contributed by atoms with van der Waals surface area (Å²) in [5.41, 5.74) is 0. The summed E-state index contributed by atoms with van der Waals surface area (Å²) in [6, 6.07) is 0. The fraction of sp³-hybridized carbons (Fsp3) is 1.00. The van der Waals surface area contributed by atoms with Gasteiger partial charge in [0.05, 0.1) is 0 Å². The van der Waals surface area contributed by atoms with Crippen LogP contribution in [0.25, 0.3) is 0 Å². The quantitative estimate of drug-likeness (QED) is 0.625. The van der Waals surface area contributed by atoms with Gasteiger partial charge < -0.3 is 0 Å². The van der Waals surface area contributed by atoms with Gasteiger partial charge in [0.25, 0.3) is 0 Å². The van der Waals surface area contributed by atoms with Gasteiger partial charge in [0.15, 0.2) is 0 Å². The second-order valence-corrected chi connectivity index (χ2v) is 19.0. The fourth-order valence-electron chi connectivity index (χ4n) is 0.763. The molecular formula is C9H21BSe3. The number of hydrogen-bond acceptors (Lipinski definition) is 0. The van der Waals surface area contributed by atoms with Crippen LogP contribution in [0, 0.1) is 0 Å². The first-order valence-corrected chi connectivity index (χ1v) is 10.8. The first kappa shape index (κ1) is 14.6. The second kappa shape index (κ2) is 7.86. The Labute approximate surface area is 103 Å². The van der Waals surface area contributed by atoms with Gasteiger partial charge in [0, 0.05) is 0 Å². The van der Waals surface area contributed by atoms with E-state index in [4.69, 9.17) is 0 Å². The molecule has 4 heteroatoms. The van der Waals surface area contributed by atoms with Crippen molar-refractivity contribution in [1.29, 1.82) is 0 Å². The molecule has 0 unspecified atom stereocenters. The third-order valence-electron chi connectivity index (χ3n) is 1.15. The summed E-state index contributed by atoms with van der Waals surface area (Å²) in [5.74, 6) is 0.